The molecule has 0 N–H and O–H groups in total. The lowest BCUT2D eigenvalue weighted by molar-refractivity contribution is -0.108. The molecule has 0 fully saturated rings. The van der Waals surface area contributed by atoms with Crippen molar-refractivity contribution in [1.82, 2.24) is 0 Å². The lowest BCUT2D eigenvalue weighted by Crippen LogP contribution is -1.90. The van der Waals surface area contributed by atoms with Crippen LogP contribution in [0, 0.1) is 17.8 Å². The van der Waals surface area contributed by atoms with Crippen LogP contribution in [0.4, 0.5) is 0 Å². The van der Waals surface area contributed by atoms with E-state index in [1.165, 1.54) is 0 Å². The third-order valence-electron chi connectivity index (χ3n) is 1.69. The Morgan fingerprint density at radius 1 is 1.38 bits per heavy atom. The zero-order chi connectivity index (χ0) is 9.52. The van der Waals surface area contributed by atoms with Crippen LogP contribution >= 0.6 is 0 Å². The van der Waals surface area contributed by atoms with Crippen LogP contribution in [0.2, 0.25) is 0 Å². The molecule has 0 saturated carbocycles. The van der Waals surface area contributed by atoms with Gasteiger partial charge in [0.05, 0.1) is 0 Å². The van der Waals surface area contributed by atoms with Crippen LogP contribution in [0.5, 0.6) is 0 Å². The third kappa shape index (κ3) is 3.57. The molecule has 0 spiro atoms. The quantitative estimate of drug-likeness (QED) is 0.494. The standard InChI is InChI=1S/C12H12O/c1-11(9-10-13)7-8-12-5-3-2-4-6-12/h2-6,10-11H,9H2,1H3. The van der Waals surface area contributed by atoms with E-state index in [4.69, 9.17) is 0 Å². The first kappa shape index (κ1) is 9.54. The minimum Gasteiger partial charge on any atom is -0.303 e. The van der Waals surface area contributed by atoms with Gasteiger partial charge in [0.15, 0.2) is 0 Å². The van der Waals surface area contributed by atoms with Crippen LogP contribution in [0.25, 0.3) is 0 Å². The highest BCUT2D eigenvalue weighted by Gasteiger charge is 1.93. The molecule has 1 aromatic carbocycles. The second-order valence-electron chi connectivity index (χ2n) is 2.94. The molecule has 0 bridgehead atoms. The monoisotopic (exact) mass is 172 g/mol. The maximum atomic E-state index is 10.2. The number of hydrogen-bond donors (Lipinski definition) is 0. The van der Waals surface area contributed by atoms with Crippen molar-refractivity contribution in [2.24, 2.45) is 5.92 Å². The molecule has 13 heavy (non-hydrogen) atoms. The maximum absolute atomic E-state index is 10.2. The summed E-state index contributed by atoms with van der Waals surface area (Å²) in [5, 5.41) is 0. The topological polar surface area (TPSA) is 17.1 Å². The predicted molar refractivity (Wildman–Crippen MR) is 53.2 cm³/mol. The average molecular weight is 172 g/mol. The van der Waals surface area contributed by atoms with E-state index < -0.39 is 0 Å². The van der Waals surface area contributed by atoms with E-state index in [-0.39, 0.29) is 5.92 Å². The van der Waals surface area contributed by atoms with Crippen molar-refractivity contribution in [2.45, 2.75) is 13.3 Å². The van der Waals surface area contributed by atoms with E-state index >= 15 is 0 Å². The molecule has 0 aliphatic rings. The Hall–Kier alpha value is -1.55. The summed E-state index contributed by atoms with van der Waals surface area (Å²) in [6.07, 6.45) is 1.42. The second kappa shape index (κ2) is 5.16. The smallest absolute Gasteiger partial charge is 0.121 e. The second-order valence-corrected chi connectivity index (χ2v) is 2.94. The molecule has 0 aliphatic carbocycles. The first-order chi connectivity index (χ1) is 6.33. The van der Waals surface area contributed by atoms with Gasteiger partial charge in [-0.25, -0.2) is 0 Å². The van der Waals surface area contributed by atoms with Gasteiger partial charge in [0.25, 0.3) is 0 Å². The molecule has 1 nitrogen and oxygen atoms in total. The van der Waals surface area contributed by atoms with Crippen LogP contribution in [0.1, 0.15) is 18.9 Å². The molecule has 66 valence electrons. The summed E-state index contributed by atoms with van der Waals surface area (Å²) in [6, 6.07) is 9.78. The van der Waals surface area contributed by atoms with Gasteiger partial charge in [0.2, 0.25) is 0 Å². The summed E-state index contributed by atoms with van der Waals surface area (Å²) < 4.78 is 0. The fourth-order valence-electron chi connectivity index (χ4n) is 0.931. The van der Waals surface area contributed by atoms with Crippen LogP contribution in [0.3, 0.4) is 0 Å². The lowest BCUT2D eigenvalue weighted by atomic mass is 10.1. The van der Waals surface area contributed by atoms with Crippen molar-refractivity contribution in [3.05, 3.63) is 35.9 Å². The average Bonchev–Trinajstić information content (AvgIpc) is 2.17. The molecule has 0 radical (unpaired) electrons. The van der Waals surface area contributed by atoms with E-state index in [1.54, 1.807) is 0 Å². The number of hydrogen-bond acceptors (Lipinski definition) is 1. The molecule has 1 heteroatoms. The molecule has 1 rings (SSSR count). The van der Waals surface area contributed by atoms with Crippen LogP contribution in [-0.2, 0) is 4.79 Å². The minimum absolute atomic E-state index is 0.151. The Balaban J connectivity index is 2.62. The van der Waals surface area contributed by atoms with Gasteiger partial charge in [-0.15, -0.1) is 0 Å². The summed E-state index contributed by atoms with van der Waals surface area (Å²) in [6.45, 7) is 1.95. The Morgan fingerprint density at radius 3 is 2.69 bits per heavy atom. The van der Waals surface area contributed by atoms with Crippen LogP contribution in [0.15, 0.2) is 30.3 Å². The molecule has 0 aromatic heterocycles. The Morgan fingerprint density at radius 2 is 2.08 bits per heavy atom. The van der Waals surface area contributed by atoms with Gasteiger partial charge in [0.1, 0.15) is 6.29 Å². The molecule has 1 atom stereocenters. The van der Waals surface area contributed by atoms with E-state index in [2.05, 4.69) is 11.8 Å². The molecule has 0 amide bonds. The van der Waals surface area contributed by atoms with Crippen molar-refractivity contribution in [1.29, 1.82) is 0 Å². The highest BCUT2D eigenvalue weighted by Crippen LogP contribution is 1.99. The highest BCUT2D eigenvalue weighted by atomic mass is 16.1. The van der Waals surface area contributed by atoms with Crippen molar-refractivity contribution in [3.63, 3.8) is 0 Å². The normalized spacial score (nSPS) is 11.2. The molecular formula is C12H12O. The van der Waals surface area contributed by atoms with Crippen molar-refractivity contribution in [3.8, 4) is 11.8 Å². The van der Waals surface area contributed by atoms with Crippen LogP contribution < -0.4 is 0 Å². The van der Waals surface area contributed by atoms with Gasteiger partial charge in [0, 0.05) is 17.9 Å². The first-order valence-electron chi connectivity index (χ1n) is 4.33. The summed E-state index contributed by atoms with van der Waals surface area (Å²) in [7, 11) is 0. The molecule has 0 saturated heterocycles. The highest BCUT2D eigenvalue weighted by molar-refractivity contribution is 5.50. The van der Waals surface area contributed by atoms with E-state index in [0.717, 1.165) is 11.8 Å². The molecular weight excluding hydrogens is 160 g/mol. The molecule has 0 heterocycles. The summed E-state index contributed by atoms with van der Waals surface area (Å²) >= 11 is 0. The summed E-state index contributed by atoms with van der Waals surface area (Å²) in [4.78, 5) is 10.2. The number of carbonyl (C=O) groups is 1. The summed E-state index contributed by atoms with van der Waals surface area (Å²) in [5.41, 5.74) is 1.00. The fraction of sp³-hybridized carbons (Fsp3) is 0.250. The van der Waals surface area contributed by atoms with Crippen LogP contribution in [-0.4, -0.2) is 6.29 Å². The first-order valence-corrected chi connectivity index (χ1v) is 4.33. The van der Waals surface area contributed by atoms with Gasteiger partial charge in [-0.2, -0.15) is 0 Å². The van der Waals surface area contributed by atoms with E-state index in [0.29, 0.717) is 6.42 Å². The Bertz CT molecular complexity index is 316. The molecule has 0 aliphatic heterocycles. The van der Waals surface area contributed by atoms with Gasteiger partial charge in [-0.05, 0) is 12.1 Å². The molecule has 1 aromatic rings. The SMILES string of the molecule is CC(C#Cc1ccccc1)CC=O. The van der Waals surface area contributed by atoms with Gasteiger partial charge >= 0.3 is 0 Å². The predicted octanol–water partition coefficient (Wildman–Crippen LogP) is 2.26. The Kier molecular flexibility index (Phi) is 3.78. The zero-order valence-electron chi connectivity index (χ0n) is 7.66. The number of benzene rings is 1. The van der Waals surface area contributed by atoms with E-state index in [1.807, 2.05) is 37.3 Å². The van der Waals surface area contributed by atoms with Crippen molar-refractivity contribution in [2.75, 3.05) is 0 Å². The summed E-state index contributed by atoms with van der Waals surface area (Å²) in [5.74, 6) is 6.19. The van der Waals surface area contributed by atoms with Crippen molar-refractivity contribution >= 4 is 6.29 Å². The minimum atomic E-state index is 0.151. The Labute approximate surface area is 78.8 Å². The van der Waals surface area contributed by atoms with Gasteiger partial charge in [-0.1, -0.05) is 37.0 Å². The third-order valence-corrected chi connectivity index (χ3v) is 1.69. The molecule has 1 unspecified atom stereocenters. The fourth-order valence-corrected chi connectivity index (χ4v) is 0.931. The van der Waals surface area contributed by atoms with Crippen molar-refractivity contribution < 1.29 is 4.79 Å². The maximum Gasteiger partial charge on any atom is 0.121 e. The van der Waals surface area contributed by atoms with Gasteiger partial charge in [-0.3, -0.25) is 0 Å². The zero-order valence-corrected chi connectivity index (χ0v) is 7.66. The number of rotatable bonds is 2. The largest absolute Gasteiger partial charge is 0.303 e. The number of carbonyl (C=O) groups excluding carboxylic acids is 1. The van der Waals surface area contributed by atoms with E-state index in [9.17, 15) is 4.79 Å². The lowest BCUT2D eigenvalue weighted by Gasteiger charge is -1.93. The number of aldehydes is 1. The van der Waals surface area contributed by atoms with Gasteiger partial charge < -0.3 is 4.79 Å².